The molecule has 4 aromatic rings. The van der Waals surface area contributed by atoms with Gasteiger partial charge in [-0.25, -0.2) is 0 Å². The van der Waals surface area contributed by atoms with Crippen molar-refractivity contribution < 1.29 is 9.59 Å². The molecular formula is C26H18Cl3N3O2. The number of carbonyl (C=O) groups excluding carboxylic acids is 2. The Morgan fingerprint density at radius 3 is 2.47 bits per heavy atom. The standard InChI is InChI=1S/C26H18Cl3N3O2/c27-18-8-9-21(28)20(13-18)25(33)30-23-10-7-16(12-22(23)29)26(34)32-15-19-5-3-11-31(19)14-17-4-1-2-6-24(17)32/h1-13H,14-15H2,(H,30,33). The fraction of sp³-hybridized carbons (Fsp3) is 0.0769. The Bertz CT molecular complexity index is 1430. The highest BCUT2D eigenvalue weighted by molar-refractivity contribution is 6.37. The first kappa shape index (κ1) is 22.5. The van der Waals surface area contributed by atoms with E-state index >= 15 is 0 Å². The summed E-state index contributed by atoms with van der Waals surface area (Å²) in [6.45, 7) is 1.13. The predicted octanol–water partition coefficient (Wildman–Crippen LogP) is 6.91. The van der Waals surface area contributed by atoms with Crippen LogP contribution in [0.25, 0.3) is 0 Å². The normalized spacial score (nSPS) is 12.5. The Labute approximate surface area is 211 Å². The minimum absolute atomic E-state index is 0.181. The first-order valence-electron chi connectivity index (χ1n) is 10.5. The Kier molecular flexibility index (Phi) is 6.09. The molecule has 1 aliphatic heterocycles. The number of nitrogens with zero attached hydrogens (tertiary/aromatic N) is 2. The highest BCUT2D eigenvalue weighted by Crippen LogP contribution is 2.31. The van der Waals surface area contributed by atoms with E-state index in [1.807, 2.05) is 42.6 Å². The van der Waals surface area contributed by atoms with Gasteiger partial charge in [-0.2, -0.15) is 0 Å². The van der Waals surface area contributed by atoms with Gasteiger partial charge < -0.3 is 14.8 Å². The summed E-state index contributed by atoms with van der Waals surface area (Å²) in [5.74, 6) is -0.629. The van der Waals surface area contributed by atoms with Gasteiger partial charge in [-0.05, 0) is 60.2 Å². The number of hydrogen-bond donors (Lipinski definition) is 1. The number of para-hydroxylation sites is 1. The lowest BCUT2D eigenvalue weighted by Gasteiger charge is -2.23. The van der Waals surface area contributed by atoms with E-state index < -0.39 is 5.91 Å². The van der Waals surface area contributed by atoms with Crippen molar-refractivity contribution in [2.24, 2.45) is 0 Å². The lowest BCUT2D eigenvalue weighted by molar-refractivity contribution is 0.0983. The average Bonchev–Trinajstić information content (AvgIpc) is 3.20. The molecule has 0 aliphatic carbocycles. The minimum Gasteiger partial charge on any atom is -0.345 e. The number of amides is 2. The maximum absolute atomic E-state index is 13.6. The highest BCUT2D eigenvalue weighted by atomic mass is 35.5. The zero-order valence-corrected chi connectivity index (χ0v) is 20.0. The fourth-order valence-corrected chi connectivity index (χ4v) is 4.64. The second-order valence-corrected chi connectivity index (χ2v) is 9.17. The van der Waals surface area contributed by atoms with Gasteiger partial charge in [0.15, 0.2) is 0 Å². The molecule has 1 N–H and O–H groups in total. The molecule has 0 spiro atoms. The van der Waals surface area contributed by atoms with E-state index in [0.717, 1.165) is 16.9 Å². The van der Waals surface area contributed by atoms with E-state index in [1.165, 1.54) is 6.07 Å². The van der Waals surface area contributed by atoms with Crippen LogP contribution in [0.15, 0.2) is 79.0 Å². The summed E-state index contributed by atoms with van der Waals surface area (Å²) in [6, 6.07) is 21.3. The SMILES string of the molecule is O=C(Nc1ccc(C(=O)N2Cc3cccn3Cc3ccccc32)cc1Cl)c1cc(Cl)ccc1Cl. The van der Waals surface area contributed by atoms with Crippen molar-refractivity contribution in [3.05, 3.63) is 116 Å². The van der Waals surface area contributed by atoms with Crippen LogP contribution in [0.4, 0.5) is 11.4 Å². The number of fused-ring (bicyclic) bond motifs is 2. The van der Waals surface area contributed by atoms with E-state index in [9.17, 15) is 9.59 Å². The molecule has 0 bridgehead atoms. The second-order valence-electron chi connectivity index (χ2n) is 7.92. The monoisotopic (exact) mass is 509 g/mol. The van der Waals surface area contributed by atoms with Crippen LogP contribution >= 0.6 is 34.8 Å². The molecule has 0 saturated carbocycles. The van der Waals surface area contributed by atoms with E-state index in [-0.39, 0.29) is 21.5 Å². The lowest BCUT2D eigenvalue weighted by atomic mass is 10.1. The van der Waals surface area contributed by atoms with Gasteiger partial charge in [-0.3, -0.25) is 9.59 Å². The van der Waals surface area contributed by atoms with Crippen molar-refractivity contribution >= 4 is 58.0 Å². The summed E-state index contributed by atoms with van der Waals surface area (Å²) in [5, 5.41) is 3.64. The molecule has 2 amide bonds. The molecule has 1 aliphatic rings. The van der Waals surface area contributed by atoms with Gasteiger partial charge >= 0.3 is 0 Å². The third-order valence-electron chi connectivity index (χ3n) is 5.75. The first-order valence-corrected chi connectivity index (χ1v) is 11.6. The predicted molar refractivity (Wildman–Crippen MR) is 136 cm³/mol. The second kappa shape index (κ2) is 9.18. The van der Waals surface area contributed by atoms with Gasteiger partial charge in [-0.15, -0.1) is 0 Å². The molecule has 2 heterocycles. The van der Waals surface area contributed by atoms with Crippen molar-refractivity contribution in [1.29, 1.82) is 0 Å². The Morgan fingerprint density at radius 2 is 1.65 bits per heavy atom. The molecule has 0 radical (unpaired) electrons. The topological polar surface area (TPSA) is 54.3 Å². The average molecular weight is 511 g/mol. The number of nitrogens with one attached hydrogen (secondary N) is 1. The van der Waals surface area contributed by atoms with Crippen molar-refractivity contribution in [2.75, 3.05) is 10.2 Å². The third kappa shape index (κ3) is 4.30. The summed E-state index contributed by atoms with van der Waals surface area (Å²) in [5.41, 5.74) is 3.97. The summed E-state index contributed by atoms with van der Waals surface area (Å²) in [6.07, 6.45) is 2.01. The van der Waals surface area contributed by atoms with Crippen LogP contribution in [0.2, 0.25) is 15.1 Å². The van der Waals surface area contributed by atoms with Gasteiger partial charge in [0.25, 0.3) is 11.8 Å². The molecule has 0 unspecified atom stereocenters. The zero-order valence-electron chi connectivity index (χ0n) is 17.8. The first-order chi connectivity index (χ1) is 16.4. The smallest absolute Gasteiger partial charge is 0.258 e. The van der Waals surface area contributed by atoms with Crippen LogP contribution < -0.4 is 10.2 Å². The van der Waals surface area contributed by atoms with E-state index in [2.05, 4.69) is 9.88 Å². The number of halogens is 3. The van der Waals surface area contributed by atoms with Crippen LogP contribution in [-0.4, -0.2) is 16.4 Å². The maximum Gasteiger partial charge on any atom is 0.258 e. The molecule has 0 fully saturated rings. The van der Waals surface area contributed by atoms with Gasteiger partial charge in [0.2, 0.25) is 0 Å². The molecule has 5 nitrogen and oxygen atoms in total. The molecule has 34 heavy (non-hydrogen) atoms. The molecule has 0 saturated heterocycles. The Morgan fingerprint density at radius 1 is 0.824 bits per heavy atom. The fourth-order valence-electron chi connectivity index (χ4n) is 4.03. The molecule has 1 aromatic heterocycles. The lowest BCUT2D eigenvalue weighted by Crippen LogP contribution is -2.30. The molecule has 0 atom stereocenters. The minimum atomic E-state index is -0.448. The highest BCUT2D eigenvalue weighted by Gasteiger charge is 2.25. The van der Waals surface area contributed by atoms with Gasteiger partial charge in [0.05, 0.1) is 27.8 Å². The van der Waals surface area contributed by atoms with Crippen LogP contribution in [0, 0.1) is 0 Å². The van der Waals surface area contributed by atoms with Gasteiger partial charge in [0.1, 0.15) is 0 Å². The summed E-state index contributed by atoms with van der Waals surface area (Å²) in [7, 11) is 0. The number of anilines is 2. The van der Waals surface area contributed by atoms with Crippen molar-refractivity contribution in [3.63, 3.8) is 0 Å². The van der Waals surface area contributed by atoms with Gasteiger partial charge in [0, 0.05) is 34.7 Å². The molecule has 170 valence electrons. The van der Waals surface area contributed by atoms with Crippen molar-refractivity contribution in [1.82, 2.24) is 4.57 Å². The summed E-state index contributed by atoms with van der Waals surface area (Å²) < 4.78 is 2.14. The molecule has 5 rings (SSSR count). The van der Waals surface area contributed by atoms with Crippen LogP contribution in [-0.2, 0) is 13.1 Å². The van der Waals surface area contributed by atoms with Crippen molar-refractivity contribution in [2.45, 2.75) is 13.1 Å². The third-order valence-corrected chi connectivity index (χ3v) is 6.63. The largest absolute Gasteiger partial charge is 0.345 e. The molecular weight excluding hydrogens is 493 g/mol. The summed E-state index contributed by atoms with van der Waals surface area (Å²) >= 11 is 18.6. The van der Waals surface area contributed by atoms with Crippen LogP contribution in [0.3, 0.4) is 0 Å². The number of carbonyl (C=O) groups is 2. The number of aromatic nitrogens is 1. The number of hydrogen-bond acceptors (Lipinski definition) is 2. The van der Waals surface area contributed by atoms with Crippen LogP contribution in [0.5, 0.6) is 0 Å². The van der Waals surface area contributed by atoms with Crippen LogP contribution in [0.1, 0.15) is 32.0 Å². The Hall–Kier alpha value is -3.25. The molecule has 3 aromatic carbocycles. The zero-order chi connectivity index (χ0) is 23.8. The quantitative estimate of drug-likeness (QED) is 0.326. The molecule has 8 heteroatoms. The van der Waals surface area contributed by atoms with E-state index in [0.29, 0.717) is 29.4 Å². The van der Waals surface area contributed by atoms with Crippen molar-refractivity contribution in [3.8, 4) is 0 Å². The Balaban J connectivity index is 1.43. The summed E-state index contributed by atoms with van der Waals surface area (Å²) in [4.78, 5) is 28.0. The number of benzene rings is 3. The van der Waals surface area contributed by atoms with E-state index in [4.69, 9.17) is 34.8 Å². The maximum atomic E-state index is 13.6. The van der Waals surface area contributed by atoms with Gasteiger partial charge in [-0.1, -0.05) is 53.0 Å². The van der Waals surface area contributed by atoms with E-state index in [1.54, 1.807) is 35.2 Å². The number of rotatable bonds is 3.